The van der Waals surface area contributed by atoms with E-state index in [1.165, 1.54) is 0 Å². The van der Waals surface area contributed by atoms with E-state index in [1.54, 1.807) is 19.2 Å². The van der Waals surface area contributed by atoms with Crippen molar-refractivity contribution in [2.45, 2.75) is 19.3 Å². The molecule has 1 fully saturated rings. The van der Waals surface area contributed by atoms with Crippen LogP contribution in [0.2, 0.25) is 0 Å². The van der Waals surface area contributed by atoms with Crippen molar-refractivity contribution in [2.75, 3.05) is 46.5 Å². The Morgan fingerprint density at radius 3 is 2.65 bits per heavy atom. The number of carbonyl (C=O) groups is 1. The third kappa shape index (κ3) is 6.31. The Balaban J connectivity index is 1.63. The van der Waals surface area contributed by atoms with Crippen molar-refractivity contribution in [3.8, 4) is 0 Å². The summed E-state index contributed by atoms with van der Waals surface area (Å²) >= 11 is 0. The fourth-order valence-electron chi connectivity index (χ4n) is 2.99. The Morgan fingerprint density at radius 2 is 2.00 bits per heavy atom. The Bertz CT molecular complexity index is 571. The maximum absolute atomic E-state index is 11.9. The summed E-state index contributed by atoms with van der Waals surface area (Å²) in [5, 5.41) is 18.8. The molecular formula is C19H30N4O3. The molecule has 1 saturated heterocycles. The maximum Gasteiger partial charge on any atom is 0.251 e. The predicted octanol–water partition coefficient (Wildman–Crippen LogP) is 0.761. The molecule has 2 rings (SSSR count). The lowest BCUT2D eigenvalue weighted by molar-refractivity contribution is 0.0953. The van der Waals surface area contributed by atoms with Gasteiger partial charge >= 0.3 is 0 Å². The molecule has 0 aromatic heterocycles. The summed E-state index contributed by atoms with van der Waals surface area (Å²) in [6.07, 6.45) is 2.47. The molecule has 0 aliphatic carbocycles. The number of nitrogens with zero attached hydrogens (tertiary/aromatic N) is 1. The maximum atomic E-state index is 11.9. The Labute approximate surface area is 155 Å². The van der Waals surface area contributed by atoms with Gasteiger partial charge in [-0.2, -0.15) is 0 Å². The second-order valence-electron chi connectivity index (χ2n) is 6.60. The van der Waals surface area contributed by atoms with E-state index in [1.807, 2.05) is 18.2 Å². The molecule has 1 amide bonds. The largest absolute Gasteiger partial charge is 0.396 e. The van der Waals surface area contributed by atoms with Gasteiger partial charge in [0.2, 0.25) is 0 Å². The van der Waals surface area contributed by atoms with Crippen LogP contribution in [-0.4, -0.2) is 63.5 Å². The van der Waals surface area contributed by atoms with Gasteiger partial charge in [-0.05, 0) is 31.4 Å². The molecule has 1 unspecified atom stereocenters. The number of hydrogen-bond acceptors (Lipinski definition) is 4. The summed E-state index contributed by atoms with van der Waals surface area (Å²) in [5.41, 5.74) is 0.654. The molecule has 1 aliphatic rings. The van der Waals surface area contributed by atoms with Crippen LogP contribution in [0.1, 0.15) is 29.6 Å². The predicted molar refractivity (Wildman–Crippen MR) is 102 cm³/mol. The minimum atomic E-state index is -0.0553. The topological polar surface area (TPSA) is 95.0 Å². The minimum Gasteiger partial charge on any atom is -0.396 e. The first kappa shape index (κ1) is 20.2. The normalized spacial score (nSPS) is 20.0. The van der Waals surface area contributed by atoms with Crippen molar-refractivity contribution in [2.24, 2.45) is 10.4 Å². The van der Waals surface area contributed by atoms with Gasteiger partial charge in [-0.3, -0.25) is 9.79 Å². The molecule has 7 heteroatoms. The van der Waals surface area contributed by atoms with E-state index in [0.29, 0.717) is 25.3 Å². The zero-order valence-corrected chi connectivity index (χ0v) is 15.5. The monoisotopic (exact) mass is 362 g/mol. The second-order valence-corrected chi connectivity index (χ2v) is 6.60. The molecule has 1 aromatic rings. The number of nitrogens with one attached hydrogen (secondary N) is 3. The van der Waals surface area contributed by atoms with E-state index in [9.17, 15) is 9.90 Å². The molecule has 1 heterocycles. The quantitative estimate of drug-likeness (QED) is 0.296. The van der Waals surface area contributed by atoms with Crippen LogP contribution in [0, 0.1) is 5.41 Å². The average molecular weight is 362 g/mol. The number of ether oxygens (including phenoxy) is 1. The number of aliphatic hydroxyl groups excluding tert-OH is 1. The van der Waals surface area contributed by atoms with E-state index in [-0.39, 0.29) is 17.9 Å². The van der Waals surface area contributed by atoms with Gasteiger partial charge in [-0.15, -0.1) is 0 Å². The average Bonchev–Trinajstić information content (AvgIpc) is 3.13. The first-order valence-electron chi connectivity index (χ1n) is 9.15. The van der Waals surface area contributed by atoms with Crippen molar-refractivity contribution < 1.29 is 14.6 Å². The van der Waals surface area contributed by atoms with Crippen LogP contribution in [0.25, 0.3) is 0 Å². The molecule has 26 heavy (non-hydrogen) atoms. The van der Waals surface area contributed by atoms with E-state index >= 15 is 0 Å². The Kier molecular flexibility index (Phi) is 8.37. The second kappa shape index (κ2) is 10.8. The lowest BCUT2D eigenvalue weighted by Crippen LogP contribution is -2.45. The lowest BCUT2D eigenvalue weighted by atomic mass is 9.84. The van der Waals surface area contributed by atoms with Crippen molar-refractivity contribution >= 4 is 11.9 Å². The molecular weight excluding hydrogens is 332 g/mol. The van der Waals surface area contributed by atoms with Crippen molar-refractivity contribution in [1.29, 1.82) is 0 Å². The zero-order chi connectivity index (χ0) is 18.7. The van der Waals surface area contributed by atoms with Crippen molar-refractivity contribution in [3.63, 3.8) is 0 Å². The number of carbonyl (C=O) groups excluding carboxylic acids is 1. The summed E-state index contributed by atoms with van der Waals surface area (Å²) < 4.78 is 5.50. The van der Waals surface area contributed by atoms with Gasteiger partial charge < -0.3 is 25.8 Å². The molecule has 1 atom stereocenters. The number of benzene rings is 1. The molecule has 0 spiro atoms. The van der Waals surface area contributed by atoms with Crippen LogP contribution in [0.4, 0.5) is 0 Å². The Hall–Kier alpha value is -2.12. The number of guanidine groups is 1. The van der Waals surface area contributed by atoms with Crippen LogP contribution < -0.4 is 16.0 Å². The third-order valence-corrected chi connectivity index (χ3v) is 4.65. The van der Waals surface area contributed by atoms with E-state index in [4.69, 9.17) is 4.74 Å². The summed E-state index contributed by atoms with van der Waals surface area (Å²) in [5.74, 6) is 0.670. The molecule has 0 bridgehead atoms. The number of aliphatic hydroxyl groups is 1. The highest BCUT2D eigenvalue weighted by atomic mass is 16.5. The summed E-state index contributed by atoms with van der Waals surface area (Å²) in [7, 11) is 1.73. The van der Waals surface area contributed by atoms with E-state index < -0.39 is 0 Å². The molecule has 0 saturated carbocycles. The first-order chi connectivity index (χ1) is 12.7. The van der Waals surface area contributed by atoms with Gasteiger partial charge in [0.25, 0.3) is 5.91 Å². The van der Waals surface area contributed by atoms with Crippen LogP contribution in [0.15, 0.2) is 35.3 Å². The molecule has 7 nitrogen and oxygen atoms in total. The van der Waals surface area contributed by atoms with Gasteiger partial charge in [0.15, 0.2) is 5.96 Å². The first-order valence-corrected chi connectivity index (χ1v) is 9.15. The number of hydrogen-bond donors (Lipinski definition) is 4. The van der Waals surface area contributed by atoms with Crippen LogP contribution in [-0.2, 0) is 4.74 Å². The molecule has 0 radical (unpaired) electrons. The van der Waals surface area contributed by atoms with Gasteiger partial charge in [-0.25, -0.2) is 0 Å². The molecule has 144 valence electrons. The van der Waals surface area contributed by atoms with E-state index in [2.05, 4.69) is 20.9 Å². The highest BCUT2D eigenvalue weighted by Gasteiger charge is 2.34. The standard InChI is InChI=1S/C19H30N4O3/c1-20-18(23-14-19(8-12-24)9-13-26-15-19)22-11-5-10-21-17(25)16-6-3-2-4-7-16/h2-4,6-7,24H,5,8-15H2,1H3,(H,21,25)(H2,20,22,23). The van der Waals surface area contributed by atoms with Gasteiger partial charge in [0.1, 0.15) is 0 Å². The fraction of sp³-hybridized carbons (Fsp3) is 0.579. The SMILES string of the molecule is CN=C(NCCCNC(=O)c1ccccc1)NCC1(CCO)CCOC1. The highest BCUT2D eigenvalue weighted by Crippen LogP contribution is 2.31. The van der Waals surface area contributed by atoms with Gasteiger partial charge in [-0.1, -0.05) is 18.2 Å². The minimum absolute atomic E-state index is 0.0178. The van der Waals surface area contributed by atoms with Gasteiger partial charge in [0.05, 0.1) is 6.61 Å². The molecule has 4 N–H and O–H groups in total. The summed E-state index contributed by atoms with van der Waals surface area (Å²) in [4.78, 5) is 16.2. The van der Waals surface area contributed by atoms with Gasteiger partial charge in [0, 0.05) is 50.9 Å². The molecule has 1 aromatic carbocycles. The number of rotatable bonds is 9. The van der Waals surface area contributed by atoms with Crippen LogP contribution >= 0.6 is 0 Å². The zero-order valence-electron chi connectivity index (χ0n) is 15.5. The lowest BCUT2D eigenvalue weighted by Gasteiger charge is -2.27. The fourth-order valence-corrected chi connectivity index (χ4v) is 2.99. The van der Waals surface area contributed by atoms with Crippen LogP contribution in [0.3, 0.4) is 0 Å². The highest BCUT2D eigenvalue weighted by molar-refractivity contribution is 5.94. The van der Waals surface area contributed by atoms with Crippen molar-refractivity contribution in [3.05, 3.63) is 35.9 Å². The number of aliphatic imine (C=N–C) groups is 1. The molecule has 1 aliphatic heterocycles. The smallest absolute Gasteiger partial charge is 0.251 e. The summed E-state index contributed by atoms with van der Waals surface area (Å²) in [6, 6.07) is 9.19. The van der Waals surface area contributed by atoms with E-state index in [0.717, 1.165) is 38.4 Å². The Morgan fingerprint density at radius 1 is 1.23 bits per heavy atom. The van der Waals surface area contributed by atoms with Crippen molar-refractivity contribution in [1.82, 2.24) is 16.0 Å². The summed E-state index contributed by atoms with van der Waals surface area (Å²) in [6.45, 7) is 3.60. The third-order valence-electron chi connectivity index (χ3n) is 4.65. The van der Waals surface area contributed by atoms with Crippen LogP contribution in [0.5, 0.6) is 0 Å². The number of amides is 1.